The summed E-state index contributed by atoms with van der Waals surface area (Å²) in [6, 6.07) is 0. The first-order valence-corrected chi connectivity index (χ1v) is 6.68. The molecule has 0 saturated heterocycles. The molecule has 0 aromatic carbocycles. The van der Waals surface area contributed by atoms with E-state index in [1.165, 1.54) is 5.56 Å². The minimum Gasteiger partial charge on any atom is -0.369 e. The smallest absolute Gasteiger partial charge is 0.202 e. The van der Waals surface area contributed by atoms with Crippen LogP contribution in [0.25, 0.3) is 11.2 Å². The van der Waals surface area contributed by atoms with Crippen LogP contribution in [0.2, 0.25) is 0 Å². The van der Waals surface area contributed by atoms with E-state index in [1.807, 2.05) is 41.1 Å². The quantitative estimate of drug-likeness (QED) is 0.772. The number of aromatic nitrogens is 6. The van der Waals surface area contributed by atoms with Crippen LogP contribution in [0.1, 0.15) is 23.9 Å². The fraction of sp³-hybridized carbons (Fsp3) is 0.462. The Kier molecular flexibility index (Phi) is 2.77. The van der Waals surface area contributed by atoms with Gasteiger partial charge in [0, 0.05) is 25.9 Å². The Morgan fingerprint density at radius 2 is 2.00 bits per heavy atom. The van der Waals surface area contributed by atoms with Crippen molar-refractivity contribution in [1.82, 2.24) is 29.1 Å². The maximum Gasteiger partial charge on any atom is 0.202 e. The standard InChI is InChI=1S/C13H19N7/c1-5-10-9(6-18(3)17-10)7-20-12-11(15-13(20)14)8(2)16-19(12)4/h6H,5,7H2,1-4H3,(H2,14,15). The summed E-state index contributed by atoms with van der Waals surface area (Å²) in [6.07, 6.45) is 2.94. The van der Waals surface area contributed by atoms with Gasteiger partial charge in [0.2, 0.25) is 5.95 Å². The third-order valence-corrected chi connectivity index (χ3v) is 3.57. The molecule has 0 radical (unpaired) electrons. The van der Waals surface area contributed by atoms with Crippen LogP contribution in [0.15, 0.2) is 6.20 Å². The normalized spacial score (nSPS) is 11.6. The van der Waals surface area contributed by atoms with Crippen molar-refractivity contribution in [2.24, 2.45) is 14.1 Å². The van der Waals surface area contributed by atoms with E-state index in [1.54, 1.807) is 0 Å². The van der Waals surface area contributed by atoms with Gasteiger partial charge in [-0.15, -0.1) is 0 Å². The summed E-state index contributed by atoms with van der Waals surface area (Å²) in [6.45, 7) is 4.71. The number of aryl methyl sites for hydroxylation is 4. The largest absolute Gasteiger partial charge is 0.369 e. The molecule has 0 saturated carbocycles. The van der Waals surface area contributed by atoms with Crippen LogP contribution in [-0.2, 0) is 27.1 Å². The highest BCUT2D eigenvalue weighted by atomic mass is 15.3. The molecule has 106 valence electrons. The maximum atomic E-state index is 6.07. The zero-order valence-electron chi connectivity index (χ0n) is 12.3. The number of hydrogen-bond acceptors (Lipinski definition) is 4. The highest BCUT2D eigenvalue weighted by Crippen LogP contribution is 2.22. The minimum absolute atomic E-state index is 0.516. The number of hydrogen-bond donors (Lipinski definition) is 1. The summed E-state index contributed by atoms with van der Waals surface area (Å²) in [7, 11) is 3.85. The molecule has 0 aliphatic heterocycles. The average Bonchev–Trinajstić information content (AvgIpc) is 2.98. The maximum absolute atomic E-state index is 6.07. The van der Waals surface area contributed by atoms with E-state index in [9.17, 15) is 0 Å². The number of nitrogens with zero attached hydrogens (tertiary/aromatic N) is 6. The van der Waals surface area contributed by atoms with Gasteiger partial charge in [0.15, 0.2) is 5.65 Å². The number of nitrogens with two attached hydrogens (primary N) is 1. The predicted molar refractivity (Wildman–Crippen MR) is 77.3 cm³/mol. The Balaban J connectivity index is 2.12. The second-order valence-electron chi connectivity index (χ2n) is 5.07. The average molecular weight is 273 g/mol. The van der Waals surface area contributed by atoms with Gasteiger partial charge in [0.25, 0.3) is 0 Å². The van der Waals surface area contributed by atoms with Crippen molar-refractivity contribution in [3.05, 3.63) is 23.1 Å². The second-order valence-corrected chi connectivity index (χ2v) is 5.07. The molecular weight excluding hydrogens is 254 g/mol. The Morgan fingerprint density at radius 3 is 2.70 bits per heavy atom. The molecule has 20 heavy (non-hydrogen) atoms. The van der Waals surface area contributed by atoms with E-state index in [-0.39, 0.29) is 0 Å². The van der Waals surface area contributed by atoms with Crippen molar-refractivity contribution in [3.8, 4) is 0 Å². The zero-order chi connectivity index (χ0) is 14.4. The zero-order valence-corrected chi connectivity index (χ0v) is 12.3. The van der Waals surface area contributed by atoms with Crippen LogP contribution >= 0.6 is 0 Å². The Bertz CT molecular complexity index is 774. The summed E-state index contributed by atoms with van der Waals surface area (Å²) >= 11 is 0. The molecule has 0 amide bonds. The van der Waals surface area contributed by atoms with Crippen LogP contribution in [0.5, 0.6) is 0 Å². The van der Waals surface area contributed by atoms with E-state index in [2.05, 4.69) is 22.1 Å². The van der Waals surface area contributed by atoms with Crippen LogP contribution in [-0.4, -0.2) is 29.1 Å². The molecule has 3 heterocycles. The van der Waals surface area contributed by atoms with Crippen LogP contribution < -0.4 is 5.73 Å². The predicted octanol–water partition coefficient (Wildman–Crippen LogP) is 1.00. The number of fused-ring (bicyclic) bond motifs is 1. The van der Waals surface area contributed by atoms with Crippen molar-refractivity contribution < 1.29 is 0 Å². The number of imidazole rings is 1. The van der Waals surface area contributed by atoms with Gasteiger partial charge in [-0.1, -0.05) is 6.92 Å². The lowest BCUT2D eigenvalue weighted by molar-refractivity contribution is 0.723. The molecule has 0 fully saturated rings. The molecule has 0 spiro atoms. The van der Waals surface area contributed by atoms with E-state index in [4.69, 9.17) is 5.73 Å². The molecule has 0 aliphatic carbocycles. The molecule has 7 nitrogen and oxygen atoms in total. The Morgan fingerprint density at radius 1 is 1.25 bits per heavy atom. The molecule has 0 aliphatic rings. The van der Waals surface area contributed by atoms with Gasteiger partial charge in [-0.05, 0) is 13.3 Å². The van der Waals surface area contributed by atoms with Crippen LogP contribution in [0.4, 0.5) is 5.95 Å². The lowest BCUT2D eigenvalue weighted by atomic mass is 10.2. The summed E-state index contributed by atoms with van der Waals surface area (Å²) in [5.41, 5.74) is 11.0. The molecule has 0 unspecified atom stereocenters. The van der Waals surface area contributed by atoms with E-state index < -0.39 is 0 Å². The summed E-state index contributed by atoms with van der Waals surface area (Å²) < 4.78 is 5.66. The number of anilines is 1. The second kappa shape index (κ2) is 4.36. The molecule has 0 atom stereocenters. The first-order chi connectivity index (χ1) is 9.51. The van der Waals surface area contributed by atoms with E-state index in [0.29, 0.717) is 12.5 Å². The highest BCUT2D eigenvalue weighted by Gasteiger charge is 2.17. The number of nitrogen functional groups attached to an aromatic ring is 1. The molecule has 0 bridgehead atoms. The van der Waals surface area contributed by atoms with Crippen molar-refractivity contribution in [1.29, 1.82) is 0 Å². The van der Waals surface area contributed by atoms with Crippen LogP contribution in [0, 0.1) is 6.92 Å². The first kappa shape index (κ1) is 12.7. The Hall–Kier alpha value is -2.31. The summed E-state index contributed by atoms with van der Waals surface area (Å²) in [5.74, 6) is 0.516. The molecule has 3 rings (SSSR count). The molecule has 7 heteroatoms. The van der Waals surface area contributed by atoms with Gasteiger partial charge in [-0.25, -0.2) is 4.98 Å². The molecule has 3 aromatic rings. The van der Waals surface area contributed by atoms with Gasteiger partial charge in [-0.2, -0.15) is 10.2 Å². The van der Waals surface area contributed by atoms with Gasteiger partial charge in [0.1, 0.15) is 5.52 Å². The molecule has 3 aromatic heterocycles. The van der Waals surface area contributed by atoms with Gasteiger partial charge >= 0.3 is 0 Å². The monoisotopic (exact) mass is 273 g/mol. The van der Waals surface area contributed by atoms with Gasteiger partial charge < -0.3 is 5.73 Å². The minimum atomic E-state index is 0.516. The lowest BCUT2D eigenvalue weighted by Gasteiger charge is -2.06. The van der Waals surface area contributed by atoms with E-state index in [0.717, 1.165) is 29.0 Å². The lowest BCUT2D eigenvalue weighted by Crippen LogP contribution is -2.08. The third-order valence-electron chi connectivity index (χ3n) is 3.57. The third kappa shape index (κ3) is 1.77. The summed E-state index contributed by atoms with van der Waals surface area (Å²) in [4.78, 5) is 4.42. The van der Waals surface area contributed by atoms with Gasteiger partial charge in [0.05, 0.1) is 17.9 Å². The summed E-state index contributed by atoms with van der Waals surface area (Å²) in [5, 5.41) is 8.87. The van der Waals surface area contributed by atoms with Crippen molar-refractivity contribution in [2.75, 3.05) is 5.73 Å². The molecular formula is C13H19N7. The van der Waals surface area contributed by atoms with E-state index >= 15 is 0 Å². The van der Waals surface area contributed by atoms with Crippen molar-refractivity contribution in [3.63, 3.8) is 0 Å². The SMILES string of the molecule is CCc1nn(C)cc1Cn1c(N)nc2c(C)nn(C)c21. The van der Waals surface area contributed by atoms with Gasteiger partial charge in [-0.3, -0.25) is 13.9 Å². The van der Waals surface area contributed by atoms with Crippen molar-refractivity contribution >= 4 is 17.1 Å². The van der Waals surface area contributed by atoms with Crippen molar-refractivity contribution in [2.45, 2.75) is 26.8 Å². The first-order valence-electron chi connectivity index (χ1n) is 6.68. The van der Waals surface area contributed by atoms with Crippen LogP contribution in [0.3, 0.4) is 0 Å². The fourth-order valence-electron chi connectivity index (χ4n) is 2.69. The topological polar surface area (TPSA) is 79.5 Å². The Labute approximate surface area is 117 Å². The highest BCUT2D eigenvalue weighted by molar-refractivity contribution is 5.77. The fourth-order valence-corrected chi connectivity index (χ4v) is 2.69. The number of rotatable bonds is 3. The molecule has 2 N–H and O–H groups in total.